The highest BCUT2D eigenvalue weighted by atomic mass is 16.5. The topological polar surface area (TPSA) is 77.7 Å². The Labute approximate surface area is 175 Å². The Morgan fingerprint density at radius 1 is 1.10 bits per heavy atom. The molecule has 0 spiro atoms. The Balaban J connectivity index is 1.38. The maximum absolute atomic E-state index is 12.8. The molecule has 0 aliphatic carbocycles. The summed E-state index contributed by atoms with van der Waals surface area (Å²) in [7, 11) is 3.25. The summed E-state index contributed by atoms with van der Waals surface area (Å²) >= 11 is 0. The molecule has 0 N–H and O–H groups in total. The molecule has 1 aliphatic rings. The van der Waals surface area contributed by atoms with Gasteiger partial charge < -0.3 is 18.9 Å². The van der Waals surface area contributed by atoms with E-state index >= 15 is 0 Å². The van der Waals surface area contributed by atoms with Crippen LogP contribution in [0.1, 0.15) is 29.0 Å². The molecule has 0 fully saturated rings. The molecule has 1 aromatic heterocycles. The van der Waals surface area contributed by atoms with Crippen LogP contribution in [0.2, 0.25) is 0 Å². The van der Waals surface area contributed by atoms with Gasteiger partial charge in [0, 0.05) is 31.5 Å². The van der Waals surface area contributed by atoms with Gasteiger partial charge >= 0.3 is 0 Å². The number of nitrogens with zero attached hydrogens (tertiary/aromatic N) is 3. The van der Waals surface area contributed by atoms with Crippen molar-refractivity contribution in [2.45, 2.75) is 32.7 Å². The minimum atomic E-state index is 0.0746. The number of hydrogen-bond donors (Lipinski definition) is 0. The minimum Gasteiger partial charge on any atom is -0.493 e. The summed E-state index contributed by atoms with van der Waals surface area (Å²) in [6.07, 6.45) is 1.55. The number of aryl methyl sites for hydroxylation is 2. The Hall–Kier alpha value is -3.35. The number of amides is 1. The Morgan fingerprint density at radius 3 is 2.50 bits per heavy atom. The Kier molecular flexibility index (Phi) is 5.70. The molecule has 156 valence electrons. The number of carbonyl (C=O) groups excluding carboxylic acids is 1. The van der Waals surface area contributed by atoms with Crippen molar-refractivity contribution in [3.8, 4) is 22.9 Å². The molecule has 4 rings (SSSR count). The van der Waals surface area contributed by atoms with Gasteiger partial charge in [-0.25, -0.2) is 0 Å². The molecule has 3 aromatic rings. The van der Waals surface area contributed by atoms with Crippen molar-refractivity contribution in [2.75, 3.05) is 20.8 Å². The number of ether oxygens (including phenoxy) is 2. The predicted molar refractivity (Wildman–Crippen MR) is 111 cm³/mol. The number of aromatic nitrogens is 2. The van der Waals surface area contributed by atoms with Crippen LogP contribution in [-0.2, 0) is 24.2 Å². The van der Waals surface area contributed by atoms with Crippen LogP contribution < -0.4 is 9.47 Å². The van der Waals surface area contributed by atoms with Gasteiger partial charge in [-0.15, -0.1) is 0 Å². The normalized spacial score (nSPS) is 13.1. The van der Waals surface area contributed by atoms with Crippen LogP contribution in [-0.4, -0.2) is 41.7 Å². The van der Waals surface area contributed by atoms with Crippen molar-refractivity contribution >= 4 is 5.91 Å². The summed E-state index contributed by atoms with van der Waals surface area (Å²) < 4.78 is 16.1. The van der Waals surface area contributed by atoms with Crippen LogP contribution in [0.5, 0.6) is 11.5 Å². The van der Waals surface area contributed by atoms with Crippen molar-refractivity contribution in [1.29, 1.82) is 0 Å². The van der Waals surface area contributed by atoms with Crippen LogP contribution in [0.25, 0.3) is 11.4 Å². The maximum Gasteiger partial charge on any atom is 0.227 e. The molecule has 2 heterocycles. The average Bonchev–Trinajstić information content (AvgIpc) is 3.25. The highest BCUT2D eigenvalue weighted by Crippen LogP contribution is 2.33. The third-order valence-corrected chi connectivity index (χ3v) is 5.40. The summed E-state index contributed by atoms with van der Waals surface area (Å²) in [6, 6.07) is 11.9. The van der Waals surface area contributed by atoms with E-state index in [1.165, 1.54) is 11.1 Å². The second-order valence-corrected chi connectivity index (χ2v) is 7.42. The minimum absolute atomic E-state index is 0.0746. The van der Waals surface area contributed by atoms with E-state index < -0.39 is 0 Å². The molecule has 0 atom stereocenters. The fourth-order valence-corrected chi connectivity index (χ4v) is 3.64. The van der Waals surface area contributed by atoms with Gasteiger partial charge in [-0.3, -0.25) is 4.79 Å². The monoisotopic (exact) mass is 407 g/mol. The van der Waals surface area contributed by atoms with Crippen LogP contribution in [0.4, 0.5) is 0 Å². The Bertz CT molecular complexity index is 1040. The molecule has 1 amide bonds. The van der Waals surface area contributed by atoms with Crippen molar-refractivity contribution in [3.05, 3.63) is 59.0 Å². The molecule has 0 radical (unpaired) electrons. The van der Waals surface area contributed by atoms with E-state index in [4.69, 9.17) is 14.0 Å². The molecule has 7 nitrogen and oxygen atoms in total. The first-order valence-electron chi connectivity index (χ1n) is 9.98. The molecule has 0 saturated heterocycles. The van der Waals surface area contributed by atoms with Gasteiger partial charge in [0.25, 0.3) is 0 Å². The van der Waals surface area contributed by atoms with Gasteiger partial charge in [0.15, 0.2) is 11.5 Å². The third kappa shape index (κ3) is 4.15. The number of benzene rings is 2. The van der Waals surface area contributed by atoms with Crippen molar-refractivity contribution in [3.63, 3.8) is 0 Å². The molecular weight excluding hydrogens is 382 g/mol. The molecule has 0 bridgehead atoms. The molecule has 1 aliphatic heterocycles. The van der Waals surface area contributed by atoms with Gasteiger partial charge in [-0.05, 0) is 36.6 Å². The van der Waals surface area contributed by atoms with E-state index in [0.29, 0.717) is 43.4 Å². The standard InChI is InChI=1S/C23H25N3O4/c1-15-4-6-16(7-5-15)23-24-21(30-25-23)8-9-22(27)26-11-10-17-12-19(28-2)20(29-3)13-18(17)14-26/h4-7,12-13H,8-11,14H2,1-3H3. The smallest absolute Gasteiger partial charge is 0.227 e. The van der Waals surface area contributed by atoms with E-state index in [1.807, 2.05) is 48.2 Å². The predicted octanol–water partition coefficient (Wildman–Crippen LogP) is 3.58. The maximum atomic E-state index is 12.8. The first-order chi connectivity index (χ1) is 14.6. The largest absolute Gasteiger partial charge is 0.493 e. The zero-order valence-electron chi connectivity index (χ0n) is 17.5. The number of carbonyl (C=O) groups is 1. The number of fused-ring (bicyclic) bond motifs is 1. The molecule has 7 heteroatoms. The van der Waals surface area contributed by atoms with Gasteiger partial charge in [-0.1, -0.05) is 35.0 Å². The number of rotatable bonds is 6. The van der Waals surface area contributed by atoms with Gasteiger partial charge in [0.2, 0.25) is 17.6 Å². The van der Waals surface area contributed by atoms with Gasteiger partial charge in [-0.2, -0.15) is 4.98 Å². The van der Waals surface area contributed by atoms with Crippen LogP contribution >= 0.6 is 0 Å². The van der Waals surface area contributed by atoms with Crippen molar-refractivity contribution < 1.29 is 18.8 Å². The average molecular weight is 407 g/mol. The number of hydrogen-bond acceptors (Lipinski definition) is 6. The Morgan fingerprint density at radius 2 is 1.80 bits per heavy atom. The molecule has 30 heavy (non-hydrogen) atoms. The van der Waals surface area contributed by atoms with E-state index in [1.54, 1.807) is 14.2 Å². The molecule has 0 saturated carbocycles. The zero-order chi connectivity index (χ0) is 21.1. The van der Waals surface area contributed by atoms with Crippen LogP contribution in [0.15, 0.2) is 40.9 Å². The molecule has 2 aromatic carbocycles. The molecule has 0 unspecified atom stereocenters. The lowest BCUT2D eigenvalue weighted by Gasteiger charge is -2.29. The fourth-order valence-electron chi connectivity index (χ4n) is 3.64. The first-order valence-corrected chi connectivity index (χ1v) is 9.98. The first kappa shape index (κ1) is 19.9. The summed E-state index contributed by atoms with van der Waals surface area (Å²) in [5.74, 6) is 2.50. The highest BCUT2D eigenvalue weighted by Gasteiger charge is 2.23. The van der Waals surface area contributed by atoms with Crippen LogP contribution in [0, 0.1) is 6.92 Å². The van der Waals surface area contributed by atoms with E-state index in [0.717, 1.165) is 23.3 Å². The summed E-state index contributed by atoms with van der Waals surface area (Å²) in [5, 5.41) is 4.03. The number of methoxy groups -OCH3 is 2. The highest BCUT2D eigenvalue weighted by molar-refractivity contribution is 5.76. The second-order valence-electron chi connectivity index (χ2n) is 7.42. The van der Waals surface area contributed by atoms with Gasteiger partial charge in [0.05, 0.1) is 14.2 Å². The van der Waals surface area contributed by atoms with Crippen molar-refractivity contribution in [2.24, 2.45) is 0 Å². The zero-order valence-corrected chi connectivity index (χ0v) is 17.5. The third-order valence-electron chi connectivity index (χ3n) is 5.40. The lowest BCUT2D eigenvalue weighted by Crippen LogP contribution is -2.36. The lowest BCUT2D eigenvalue weighted by atomic mass is 9.98. The summed E-state index contributed by atoms with van der Waals surface area (Å²) in [6.45, 7) is 3.27. The van der Waals surface area contributed by atoms with E-state index in [-0.39, 0.29) is 5.91 Å². The lowest BCUT2D eigenvalue weighted by molar-refractivity contribution is -0.132. The van der Waals surface area contributed by atoms with E-state index in [9.17, 15) is 4.79 Å². The second kappa shape index (κ2) is 8.57. The summed E-state index contributed by atoms with van der Waals surface area (Å²) in [4.78, 5) is 19.0. The van der Waals surface area contributed by atoms with Crippen LogP contribution in [0.3, 0.4) is 0 Å². The van der Waals surface area contributed by atoms with Gasteiger partial charge in [0.1, 0.15) is 0 Å². The van der Waals surface area contributed by atoms with E-state index in [2.05, 4.69) is 10.1 Å². The SMILES string of the molecule is COc1cc2c(cc1OC)CN(C(=O)CCc1nc(-c3ccc(C)cc3)no1)CC2. The quantitative estimate of drug-likeness (QED) is 0.622. The molecular formula is C23H25N3O4. The van der Waals surface area contributed by atoms with Crippen molar-refractivity contribution in [1.82, 2.24) is 15.0 Å². The fraction of sp³-hybridized carbons (Fsp3) is 0.348. The summed E-state index contributed by atoms with van der Waals surface area (Å²) in [5.41, 5.74) is 4.36.